The Morgan fingerprint density at radius 1 is 1.08 bits per heavy atom. The summed E-state index contributed by atoms with van der Waals surface area (Å²) in [6.07, 6.45) is 7.41. The summed E-state index contributed by atoms with van der Waals surface area (Å²) in [4.78, 5) is 17.1. The molecule has 0 atom stereocenters. The number of nitrogens with zero attached hydrogens (tertiary/aromatic N) is 4. The molecule has 10 nitrogen and oxygen atoms in total. The lowest BCUT2D eigenvalue weighted by Crippen LogP contribution is -2.16. The van der Waals surface area contributed by atoms with Gasteiger partial charge in [0.15, 0.2) is 16.4 Å². The van der Waals surface area contributed by atoms with Crippen LogP contribution in [0.1, 0.15) is 25.7 Å². The molecule has 0 unspecified atom stereocenters. The van der Waals surface area contributed by atoms with E-state index in [-0.39, 0.29) is 27.0 Å². The number of fused-ring (bicyclic) bond motifs is 1. The monoisotopic (exact) mass is 557 g/mol. The van der Waals surface area contributed by atoms with E-state index >= 15 is 4.39 Å². The van der Waals surface area contributed by atoms with Gasteiger partial charge in [-0.25, -0.2) is 27.8 Å². The van der Waals surface area contributed by atoms with Crippen LogP contribution in [0, 0.1) is 5.82 Å². The van der Waals surface area contributed by atoms with Gasteiger partial charge in [-0.1, -0.05) is 36.6 Å². The highest BCUT2D eigenvalue weighted by atomic mass is 35.5. The van der Waals surface area contributed by atoms with E-state index in [0.29, 0.717) is 34.4 Å². The molecule has 3 aromatic heterocycles. The summed E-state index contributed by atoms with van der Waals surface area (Å²) in [7, 11) is -1.34. The van der Waals surface area contributed by atoms with Crippen LogP contribution in [0.5, 0.6) is 5.88 Å². The molecule has 3 heterocycles. The van der Waals surface area contributed by atoms with Crippen LogP contribution in [0.15, 0.2) is 47.6 Å². The number of sulfonamides is 1. The normalized spacial score (nSPS) is 14.0. The van der Waals surface area contributed by atoms with E-state index in [1.807, 2.05) is 0 Å². The van der Waals surface area contributed by atoms with Crippen LogP contribution in [0.2, 0.25) is 5.02 Å². The molecular formula is C25H25ClFN7O3S. The molecule has 0 amide bonds. The average molecular weight is 558 g/mol. The molecule has 13 heteroatoms. The zero-order chi connectivity index (χ0) is 26.9. The SMILES string of the molecule is CNc1nc2nc(NC3CCCC3)ncc2cc1-c1cccc(NS(=O)(=O)c2cc(Cl)cnc2OC)c1F. The van der Waals surface area contributed by atoms with Crippen molar-refractivity contribution in [3.8, 4) is 17.0 Å². The molecule has 5 rings (SSSR count). The summed E-state index contributed by atoms with van der Waals surface area (Å²) < 4.78 is 49.3. The third-order valence-corrected chi connectivity index (χ3v) is 7.86. The van der Waals surface area contributed by atoms with E-state index in [1.54, 1.807) is 25.4 Å². The van der Waals surface area contributed by atoms with Crippen molar-refractivity contribution >= 4 is 50.1 Å². The van der Waals surface area contributed by atoms with Crippen LogP contribution in [-0.4, -0.2) is 48.6 Å². The standard InChI is InChI=1S/C25H25ClFN7O3S/c1-28-23-18(10-14-12-30-25(33-22(14)32-23)31-16-6-3-4-7-16)17-8-5-9-19(21(17)27)34-38(35,36)20-11-15(26)13-29-24(20)37-2/h5,8-13,16,34H,3-4,6-7H2,1-2H3,(H2,28,30,31,32,33). The highest BCUT2D eigenvalue weighted by molar-refractivity contribution is 7.92. The second kappa shape index (κ2) is 10.5. The smallest absolute Gasteiger partial charge is 0.267 e. The van der Waals surface area contributed by atoms with E-state index in [2.05, 4.69) is 35.3 Å². The van der Waals surface area contributed by atoms with Gasteiger partial charge >= 0.3 is 0 Å². The van der Waals surface area contributed by atoms with E-state index < -0.39 is 15.8 Å². The molecule has 198 valence electrons. The van der Waals surface area contributed by atoms with Crippen molar-refractivity contribution in [3.05, 3.63) is 53.6 Å². The third kappa shape index (κ3) is 5.14. The predicted molar refractivity (Wildman–Crippen MR) is 145 cm³/mol. The fourth-order valence-corrected chi connectivity index (χ4v) is 5.88. The second-order valence-electron chi connectivity index (χ2n) is 8.80. The largest absolute Gasteiger partial charge is 0.480 e. The van der Waals surface area contributed by atoms with E-state index in [4.69, 9.17) is 16.3 Å². The summed E-state index contributed by atoms with van der Waals surface area (Å²) in [5, 5.41) is 7.03. The molecule has 0 spiro atoms. The third-order valence-electron chi connectivity index (χ3n) is 6.29. The Morgan fingerprint density at radius 3 is 2.61 bits per heavy atom. The first-order valence-electron chi connectivity index (χ1n) is 11.9. The number of methoxy groups -OCH3 is 1. The van der Waals surface area contributed by atoms with E-state index in [1.165, 1.54) is 44.3 Å². The number of rotatable bonds is 8. The van der Waals surface area contributed by atoms with Gasteiger partial charge in [0, 0.05) is 42.0 Å². The van der Waals surface area contributed by atoms with Gasteiger partial charge in [0.2, 0.25) is 11.8 Å². The van der Waals surface area contributed by atoms with Crippen molar-refractivity contribution in [1.29, 1.82) is 0 Å². The van der Waals surface area contributed by atoms with Crippen molar-refractivity contribution < 1.29 is 17.5 Å². The maximum atomic E-state index is 15.8. The summed E-state index contributed by atoms with van der Waals surface area (Å²) >= 11 is 5.94. The molecule has 0 aliphatic heterocycles. The number of aromatic nitrogens is 4. The zero-order valence-electron chi connectivity index (χ0n) is 20.6. The van der Waals surface area contributed by atoms with Crippen molar-refractivity contribution in [2.45, 2.75) is 36.6 Å². The number of nitrogens with one attached hydrogen (secondary N) is 3. The van der Waals surface area contributed by atoms with Gasteiger partial charge in [0.05, 0.1) is 17.8 Å². The second-order valence-corrected chi connectivity index (χ2v) is 10.9. The number of halogens is 2. The Morgan fingerprint density at radius 2 is 1.87 bits per heavy atom. The topological polar surface area (TPSA) is 131 Å². The maximum absolute atomic E-state index is 15.8. The van der Waals surface area contributed by atoms with E-state index in [9.17, 15) is 8.42 Å². The zero-order valence-corrected chi connectivity index (χ0v) is 22.2. The summed E-state index contributed by atoms with van der Waals surface area (Å²) in [6.45, 7) is 0. The Bertz CT molecular complexity index is 1610. The minimum Gasteiger partial charge on any atom is -0.480 e. The number of hydrogen-bond donors (Lipinski definition) is 3. The van der Waals surface area contributed by atoms with Crippen LogP contribution >= 0.6 is 11.6 Å². The summed E-state index contributed by atoms with van der Waals surface area (Å²) in [5.41, 5.74) is 0.736. The van der Waals surface area contributed by atoms with Gasteiger partial charge in [-0.05, 0) is 31.0 Å². The molecular weight excluding hydrogens is 533 g/mol. The lowest BCUT2D eigenvalue weighted by atomic mass is 10.0. The van der Waals surface area contributed by atoms with Gasteiger partial charge in [-0.2, -0.15) is 4.98 Å². The van der Waals surface area contributed by atoms with Gasteiger partial charge in [0.1, 0.15) is 5.82 Å². The fourth-order valence-electron chi connectivity index (χ4n) is 4.45. The lowest BCUT2D eigenvalue weighted by molar-refractivity contribution is 0.385. The quantitative estimate of drug-likeness (QED) is 0.271. The van der Waals surface area contributed by atoms with Crippen LogP contribution in [-0.2, 0) is 10.0 Å². The molecule has 1 fully saturated rings. The molecule has 3 N–H and O–H groups in total. The Hall–Kier alpha value is -3.77. The first-order valence-corrected chi connectivity index (χ1v) is 13.8. The van der Waals surface area contributed by atoms with Gasteiger partial charge in [0.25, 0.3) is 10.0 Å². The Kier molecular flexibility index (Phi) is 7.17. The molecule has 0 radical (unpaired) electrons. The molecule has 1 saturated carbocycles. The molecule has 1 aromatic carbocycles. The van der Waals surface area contributed by atoms with Crippen LogP contribution in [0.25, 0.3) is 22.2 Å². The number of hydrogen-bond acceptors (Lipinski definition) is 9. The fraction of sp³-hybridized carbons (Fsp3) is 0.280. The number of benzene rings is 1. The Labute approximate surface area is 224 Å². The minimum atomic E-state index is -4.29. The number of ether oxygens (including phenoxy) is 1. The first-order chi connectivity index (χ1) is 18.3. The van der Waals surface area contributed by atoms with Gasteiger partial charge < -0.3 is 15.4 Å². The summed E-state index contributed by atoms with van der Waals surface area (Å²) in [5.74, 6) is -0.0811. The first kappa shape index (κ1) is 25.9. The molecule has 0 saturated heterocycles. The molecule has 1 aliphatic carbocycles. The van der Waals surface area contributed by atoms with Crippen molar-refractivity contribution in [2.75, 3.05) is 29.5 Å². The minimum absolute atomic E-state index is 0.0881. The van der Waals surface area contributed by atoms with Crippen molar-refractivity contribution in [3.63, 3.8) is 0 Å². The van der Waals surface area contributed by atoms with E-state index in [0.717, 1.165) is 12.8 Å². The van der Waals surface area contributed by atoms with Gasteiger partial charge in [-0.3, -0.25) is 4.72 Å². The molecule has 0 bridgehead atoms. The highest BCUT2D eigenvalue weighted by Crippen LogP contribution is 2.35. The maximum Gasteiger partial charge on any atom is 0.267 e. The molecule has 38 heavy (non-hydrogen) atoms. The lowest BCUT2D eigenvalue weighted by Gasteiger charge is -2.15. The van der Waals surface area contributed by atoms with Crippen molar-refractivity contribution in [2.24, 2.45) is 0 Å². The van der Waals surface area contributed by atoms with Gasteiger partial charge in [-0.15, -0.1) is 0 Å². The highest BCUT2D eigenvalue weighted by Gasteiger charge is 2.24. The van der Waals surface area contributed by atoms with Crippen LogP contribution < -0.4 is 20.1 Å². The summed E-state index contributed by atoms with van der Waals surface area (Å²) in [6, 6.07) is 7.64. The predicted octanol–water partition coefficient (Wildman–Crippen LogP) is 5.08. The Balaban J connectivity index is 1.51. The molecule has 1 aliphatic rings. The number of anilines is 3. The van der Waals surface area contributed by atoms with Crippen molar-refractivity contribution in [1.82, 2.24) is 19.9 Å². The average Bonchev–Trinajstić information content (AvgIpc) is 3.42. The number of pyridine rings is 2. The van der Waals surface area contributed by atoms with Crippen LogP contribution in [0.4, 0.5) is 21.8 Å². The van der Waals surface area contributed by atoms with Crippen LogP contribution in [0.3, 0.4) is 0 Å². The molecule has 4 aromatic rings.